The largest absolute Gasteiger partial charge is 0.348 e. The minimum atomic E-state index is -0.0711. The molecule has 1 aliphatic rings. The second kappa shape index (κ2) is 3.16. The fourth-order valence-electron chi connectivity index (χ4n) is 2.03. The van der Waals surface area contributed by atoms with Crippen molar-refractivity contribution in [2.75, 3.05) is 11.9 Å². The van der Waals surface area contributed by atoms with Gasteiger partial charge in [0.2, 0.25) is 0 Å². The zero-order valence-corrected chi connectivity index (χ0v) is 10.6. The van der Waals surface area contributed by atoms with Gasteiger partial charge in [-0.3, -0.25) is 0 Å². The van der Waals surface area contributed by atoms with Crippen LogP contribution < -0.4 is 4.90 Å². The lowest BCUT2D eigenvalue weighted by Gasteiger charge is -2.22. The molecule has 0 radical (unpaired) electrons. The van der Waals surface area contributed by atoms with E-state index in [4.69, 9.17) is 23.2 Å². The first-order valence-electron chi connectivity index (χ1n) is 4.78. The third-order valence-corrected chi connectivity index (χ3v) is 3.92. The summed E-state index contributed by atoms with van der Waals surface area (Å²) in [7, 11) is 2.00. The number of hydrogen-bond donors (Lipinski definition) is 0. The van der Waals surface area contributed by atoms with Crippen LogP contribution in [-0.4, -0.2) is 7.05 Å². The van der Waals surface area contributed by atoms with Gasteiger partial charge >= 0.3 is 0 Å². The van der Waals surface area contributed by atoms with Crippen LogP contribution >= 0.6 is 23.2 Å². The Morgan fingerprint density at radius 1 is 1.20 bits per heavy atom. The van der Waals surface area contributed by atoms with E-state index in [9.17, 15) is 0 Å². The standard InChI is InChI=1S/C12H13Cl2N/c1-7-12(2,3)8-5-9(13)10(14)6-11(8)15(7)4/h5-6H,1H2,2-4H3. The molecule has 1 aromatic carbocycles. The highest BCUT2D eigenvalue weighted by Gasteiger charge is 2.37. The molecule has 1 aromatic rings. The second-order valence-corrected chi connectivity index (χ2v) is 5.23. The minimum absolute atomic E-state index is 0.0711. The molecule has 0 fully saturated rings. The Bertz CT molecular complexity index is 449. The summed E-state index contributed by atoms with van der Waals surface area (Å²) in [5.41, 5.74) is 3.28. The molecule has 0 aromatic heterocycles. The van der Waals surface area contributed by atoms with Crippen LogP contribution in [0.1, 0.15) is 19.4 Å². The van der Waals surface area contributed by atoms with Crippen LogP contribution in [-0.2, 0) is 5.41 Å². The zero-order chi connectivity index (χ0) is 11.4. The first kappa shape index (κ1) is 10.8. The molecule has 3 heteroatoms. The van der Waals surface area contributed by atoms with Crippen LogP contribution in [0.5, 0.6) is 0 Å². The summed E-state index contributed by atoms with van der Waals surface area (Å²) in [6, 6.07) is 3.84. The Morgan fingerprint density at radius 3 is 2.33 bits per heavy atom. The van der Waals surface area contributed by atoms with Crippen molar-refractivity contribution >= 4 is 28.9 Å². The summed E-state index contributed by atoms with van der Waals surface area (Å²) < 4.78 is 0. The highest BCUT2D eigenvalue weighted by Crippen LogP contribution is 2.48. The van der Waals surface area contributed by atoms with Gasteiger partial charge in [-0.05, 0) is 17.7 Å². The molecular weight excluding hydrogens is 229 g/mol. The molecule has 80 valence electrons. The van der Waals surface area contributed by atoms with Gasteiger partial charge < -0.3 is 4.90 Å². The number of hydrogen-bond acceptors (Lipinski definition) is 1. The SMILES string of the molecule is C=C1N(C)c2cc(Cl)c(Cl)cc2C1(C)C. The van der Waals surface area contributed by atoms with Crippen molar-refractivity contribution in [2.45, 2.75) is 19.3 Å². The van der Waals surface area contributed by atoms with Crippen LogP contribution in [0.2, 0.25) is 10.0 Å². The van der Waals surface area contributed by atoms with Crippen LogP contribution in [0.4, 0.5) is 5.69 Å². The Kier molecular flexibility index (Phi) is 2.29. The smallest absolute Gasteiger partial charge is 0.0613 e. The van der Waals surface area contributed by atoms with Gasteiger partial charge in [0.1, 0.15) is 0 Å². The van der Waals surface area contributed by atoms with Gasteiger partial charge in [0.05, 0.1) is 10.0 Å². The number of fused-ring (bicyclic) bond motifs is 1. The number of likely N-dealkylation sites (N-methyl/N-ethyl adjacent to an activating group) is 1. The normalized spacial score (nSPS) is 18.2. The summed E-state index contributed by atoms with van der Waals surface area (Å²) in [5, 5.41) is 1.19. The lowest BCUT2D eigenvalue weighted by atomic mass is 9.84. The van der Waals surface area contributed by atoms with Crippen molar-refractivity contribution in [2.24, 2.45) is 0 Å². The van der Waals surface area contributed by atoms with E-state index in [1.807, 2.05) is 19.2 Å². The summed E-state index contributed by atoms with van der Waals surface area (Å²) in [6.45, 7) is 8.38. The molecule has 0 aliphatic carbocycles. The number of rotatable bonds is 0. The van der Waals surface area contributed by atoms with Crippen LogP contribution in [0.25, 0.3) is 0 Å². The van der Waals surface area contributed by atoms with Crippen LogP contribution in [0, 0.1) is 0 Å². The van der Waals surface area contributed by atoms with Gasteiger partial charge in [-0.2, -0.15) is 0 Å². The number of benzene rings is 1. The highest BCUT2D eigenvalue weighted by molar-refractivity contribution is 6.42. The van der Waals surface area contributed by atoms with E-state index in [2.05, 4.69) is 25.3 Å². The van der Waals surface area contributed by atoms with Crippen LogP contribution in [0.3, 0.4) is 0 Å². The van der Waals surface area contributed by atoms with Gasteiger partial charge in [0, 0.05) is 23.8 Å². The molecule has 0 spiro atoms. The molecule has 1 aliphatic heterocycles. The third-order valence-electron chi connectivity index (χ3n) is 3.20. The molecule has 0 saturated heterocycles. The number of halogens is 2. The van der Waals surface area contributed by atoms with Gasteiger partial charge in [-0.15, -0.1) is 0 Å². The summed E-state index contributed by atoms with van der Waals surface area (Å²) in [6.07, 6.45) is 0. The van der Waals surface area contributed by atoms with Gasteiger partial charge in [-0.25, -0.2) is 0 Å². The maximum Gasteiger partial charge on any atom is 0.0613 e. The molecule has 2 rings (SSSR count). The molecule has 15 heavy (non-hydrogen) atoms. The van der Waals surface area contributed by atoms with Crippen LogP contribution in [0.15, 0.2) is 24.4 Å². The van der Waals surface area contributed by atoms with E-state index >= 15 is 0 Å². The summed E-state index contributed by atoms with van der Waals surface area (Å²) in [5.74, 6) is 0. The van der Waals surface area contributed by atoms with Gasteiger partial charge in [0.15, 0.2) is 0 Å². The zero-order valence-electron chi connectivity index (χ0n) is 9.06. The molecule has 0 bridgehead atoms. The average molecular weight is 242 g/mol. The van der Waals surface area contributed by atoms with Crippen molar-refractivity contribution in [3.63, 3.8) is 0 Å². The fraction of sp³-hybridized carbons (Fsp3) is 0.333. The summed E-state index contributed by atoms with van der Waals surface area (Å²) in [4.78, 5) is 2.07. The number of anilines is 1. The molecule has 1 nitrogen and oxygen atoms in total. The third kappa shape index (κ3) is 1.37. The van der Waals surface area contributed by atoms with Crippen molar-refractivity contribution in [3.05, 3.63) is 40.0 Å². The molecule has 0 atom stereocenters. The van der Waals surface area contributed by atoms with Gasteiger partial charge in [-0.1, -0.05) is 43.6 Å². The first-order valence-corrected chi connectivity index (χ1v) is 5.54. The molecule has 1 heterocycles. The quantitative estimate of drug-likeness (QED) is 0.657. The van der Waals surface area contributed by atoms with E-state index in [1.165, 1.54) is 5.56 Å². The first-order chi connectivity index (χ1) is 6.85. The second-order valence-electron chi connectivity index (χ2n) is 4.41. The maximum absolute atomic E-state index is 6.03. The molecule has 0 amide bonds. The van der Waals surface area contributed by atoms with E-state index < -0.39 is 0 Å². The monoisotopic (exact) mass is 241 g/mol. The Labute approximate surface area is 100 Å². The molecule has 0 unspecified atom stereocenters. The van der Waals surface area contributed by atoms with E-state index in [0.717, 1.165) is 11.4 Å². The average Bonchev–Trinajstić information content (AvgIpc) is 2.32. The van der Waals surface area contributed by atoms with E-state index in [0.29, 0.717) is 10.0 Å². The Balaban J connectivity index is 2.72. The van der Waals surface area contributed by atoms with Crippen molar-refractivity contribution in [3.8, 4) is 0 Å². The Hall–Kier alpha value is -0.660. The lowest BCUT2D eigenvalue weighted by Crippen LogP contribution is -2.21. The lowest BCUT2D eigenvalue weighted by molar-refractivity contribution is 0.643. The topological polar surface area (TPSA) is 3.24 Å². The number of allylic oxidation sites excluding steroid dienone is 1. The molecular formula is C12H13Cl2N. The minimum Gasteiger partial charge on any atom is -0.348 e. The predicted molar refractivity (Wildman–Crippen MR) is 67.0 cm³/mol. The van der Waals surface area contributed by atoms with Gasteiger partial charge in [0.25, 0.3) is 0 Å². The highest BCUT2D eigenvalue weighted by atomic mass is 35.5. The fourth-order valence-corrected chi connectivity index (χ4v) is 2.36. The number of nitrogens with zero attached hydrogens (tertiary/aromatic N) is 1. The van der Waals surface area contributed by atoms with E-state index in [-0.39, 0.29) is 5.41 Å². The van der Waals surface area contributed by atoms with Crippen molar-refractivity contribution in [1.82, 2.24) is 0 Å². The van der Waals surface area contributed by atoms with Crippen molar-refractivity contribution in [1.29, 1.82) is 0 Å². The summed E-state index contributed by atoms with van der Waals surface area (Å²) >= 11 is 12.0. The maximum atomic E-state index is 6.03. The molecule has 0 N–H and O–H groups in total. The van der Waals surface area contributed by atoms with E-state index in [1.54, 1.807) is 0 Å². The van der Waals surface area contributed by atoms with Crippen molar-refractivity contribution < 1.29 is 0 Å². The predicted octanol–water partition coefficient (Wildman–Crippen LogP) is 4.23. The molecule has 0 saturated carbocycles. The Morgan fingerprint density at radius 2 is 1.73 bits per heavy atom.